The lowest BCUT2D eigenvalue weighted by Gasteiger charge is -2.22. The summed E-state index contributed by atoms with van der Waals surface area (Å²) >= 11 is 0. The average Bonchev–Trinajstić information content (AvgIpc) is 2.24. The van der Waals surface area contributed by atoms with Gasteiger partial charge in [0.1, 0.15) is 5.60 Å². The minimum absolute atomic E-state index is 0.0729. The van der Waals surface area contributed by atoms with E-state index < -0.39 is 23.7 Å². The van der Waals surface area contributed by atoms with E-state index in [1.165, 1.54) is 7.11 Å². The predicted octanol–water partition coefficient (Wildman–Crippen LogP) is 0.0616. The Labute approximate surface area is 106 Å². The molecule has 0 aliphatic heterocycles. The van der Waals surface area contributed by atoms with E-state index in [9.17, 15) is 9.59 Å². The van der Waals surface area contributed by atoms with Gasteiger partial charge >= 0.3 is 12.1 Å². The van der Waals surface area contributed by atoms with E-state index in [1.807, 2.05) is 0 Å². The topological polar surface area (TPSA) is 94.1 Å². The molecule has 0 aromatic carbocycles. The summed E-state index contributed by atoms with van der Waals surface area (Å²) in [5, 5.41) is 10.9. The standard InChI is InChI=1S/C11H21NO6/c1-11(2,3)18-10(15)12-8(9(14)16-4)7-17-6-5-13/h8,13H,5-7H2,1-4H3,(H,12,15)/t8-/m0/s1. The zero-order valence-corrected chi connectivity index (χ0v) is 11.2. The third-order valence-electron chi connectivity index (χ3n) is 1.70. The molecule has 7 nitrogen and oxygen atoms in total. The highest BCUT2D eigenvalue weighted by Gasteiger charge is 2.25. The van der Waals surface area contributed by atoms with Crippen molar-refractivity contribution in [2.75, 3.05) is 26.9 Å². The Bertz CT molecular complexity index is 273. The van der Waals surface area contributed by atoms with Gasteiger partial charge in [-0.25, -0.2) is 9.59 Å². The molecular weight excluding hydrogens is 242 g/mol. The van der Waals surface area contributed by atoms with Crippen LogP contribution in [0, 0.1) is 0 Å². The van der Waals surface area contributed by atoms with Crippen LogP contribution in [0.4, 0.5) is 4.79 Å². The summed E-state index contributed by atoms with van der Waals surface area (Å²) in [5.41, 5.74) is -0.656. The number of rotatable bonds is 6. The average molecular weight is 263 g/mol. The van der Waals surface area contributed by atoms with Gasteiger partial charge in [0.25, 0.3) is 0 Å². The van der Waals surface area contributed by atoms with E-state index in [0.717, 1.165) is 0 Å². The van der Waals surface area contributed by atoms with Crippen LogP contribution in [-0.4, -0.2) is 55.7 Å². The van der Waals surface area contributed by atoms with E-state index in [-0.39, 0.29) is 19.8 Å². The maximum atomic E-state index is 11.5. The molecule has 106 valence electrons. The van der Waals surface area contributed by atoms with E-state index in [4.69, 9.17) is 14.6 Å². The predicted molar refractivity (Wildman–Crippen MR) is 63.1 cm³/mol. The first-order valence-electron chi connectivity index (χ1n) is 5.56. The lowest BCUT2D eigenvalue weighted by Crippen LogP contribution is -2.46. The molecule has 1 atom stereocenters. The van der Waals surface area contributed by atoms with Crippen molar-refractivity contribution in [3.05, 3.63) is 0 Å². The van der Waals surface area contributed by atoms with Crippen molar-refractivity contribution in [2.45, 2.75) is 32.4 Å². The number of hydrogen-bond donors (Lipinski definition) is 2. The van der Waals surface area contributed by atoms with Crippen LogP contribution in [0.1, 0.15) is 20.8 Å². The van der Waals surface area contributed by atoms with Gasteiger partial charge < -0.3 is 24.6 Å². The molecule has 2 N–H and O–H groups in total. The highest BCUT2D eigenvalue weighted by Crippen LogP contribution is 2.07. The summed E-state index contributed by atoms with van der Waals surface area (Å²) in [6, 6.07) is -0.962. The van der Waals surface area contributed by atoms with Crippen LogP contribution in [0.5, 0.6) is 0 Å². The fourth-order valence-electron chi connectivity index (χ4n) is 1.03. The second-order valence-corrected chi connectivity index (χ2v) is 4.52. The van der Waals surface area contributed by atoms with E-state index in [1.54, 1.807) is 20.8 Å². The summed E-state index contributed by atoms with van der Waals surface area (Å²) < 4.78 is 14.5. The van der Waals surface area contributed by atoms with Crippen LogP contribution < -0.4 is 5.32 Å². The Hall–Kier alpha value is -1.34. The Morgan fingerprint density at radius 2 is 1.94 bits per heavy atom. The van der Waals surface area contributed by atoms with E-state index in [2.05, 4.69) is 10.1 Å². The first-order chi connectivity index (χ1) is 8.30. The first kappa shape index (κ1) is 16.7. The number of aliphatic hydroxyl groups excluding tert-OH is 1. The number of hydrogen-bond acceptors (Lipinski definition) is 6. The highest BCUT2D eigenvalue weighted by molar-refractivity contribution is 5.81. The number of esters is 1. The molecule has 0 radical (unpaired) electrons. The van der Waals surface area contributed by atoms with Gasteiger partial charge in [-0.3, -0.25) is 0 Å². The third-order valence-corrected chi connectivity index (χ3v) is 1.70. The molecular formula is C11H21NO6. The van der Waals surface area contributed by atoms with Crippen molar-refractivity contribution >= 4 is 12.1 Å². The molecule has 0 bridgehead atoms. The van der Waals surface area contributed by atoms with Crippen molar-refractivity contribution in [3.63, 3.8) is 0 Å². The SMILES string of the molecule is COC(=O)[C@H](COCCO)NC(=O)OC(C)(C)C. The maximum absolute atomic E-state index is 11.5. The molecule has 1 amide bonds. The molecule has 0 aliphatic carbocycles. The third kappa shape index (κ3) is 7.86. The van der Waals surface area contributed by atoms with Gasteiger partial charge in [-0.1, -0.05) is 0 Å². The van der Waals surface area contributed by atoms with Crippen LogP contribution in [0.15, 0.2) is 0 Å². The van der Waals surface area contributed by atoms with E-state index >= 15 is 0 Å². The normalized spacial score (nSPS) is 12.7. The van der Waals surface area contributed by atoms with Crippen LogP contribution in [0.3, 0.4) is 0 Å². The summed E-state index contributed by atoms with van der Waals surface area (Å²) in [6.45, 7) is 4.95. The zero-order chi connectivity index (χ0) is 14.2. The number of methoxy groups -OCH3 is 1. The largest absolute Gasteiger partial charge is 0.467 e. The Morgan fingerprint density at radius 3 is 2.39 bits per heavy atom. The molecule has 7 heteroatoms. The number of carbonyl (C=O) groups is 2. The maximum Gasteiger partial charge on any atom is 0.408 e. The van der Waals surface area contributed by atoms with E-state index in [0.29, 0.717) is 0 Å². The van der Waals surface area contributed by atoms with Gasteiger partial charge in [0.05, 0.1) is 26.9 Å². The molecule has 0 spiro atoms. The second-order valence-electron chi connectivity index (χ2n) is 4.52. The smallest absolute Gasteiger partial charge is 0.408 e. The molecule has 0 aromatic heterocycles. The molecule has 18 heavy (non-hydrogen) atoms. The Balaban J connectivity index is 4.31. The van der Waals surface area contributed by atoms with Crippen molar-refractivity contribution in [1.82, 2.24) is 5.32 Å². The molecule has 0 saturated heterocycles. The number of ether oxygens (including phenoxy) is 3. The van der Waals surface area contributed by atoms with Crippen molar-refractivity contribution in [3.8, 4) is 0 Å². The number of nitrogens with one attached hydrogen (secondary N) is 1. The summed E-state index contributed by atoms with van der Waals surface area (Å²) in [6.07, 6.45) is -0.731. The van der Waals surface area contributed by atoms with Gasteiger partial charge in [-0.15, -0.1) is 0 Å². The van der Waals surface area contributed by atoms with Crippen LogP contribution in [0.2, 0.25) is 0 Å². The van der Waals surface area contributed by atoms with Crippen molar-refractivity contribution < 1.29 is 28.9 Å². The van der Waals surface area contributed by atoms with Gasteiger partial charge in [-0.05, 0) is 20.8 Å². The lowest BCUT2D eigenvalue weighted by atomic mass is 10.2. The minimum Gasteiger partial charge on any atom is -0.467 e. The second kappa shape index (κ2) is 7.88. The van der Waals surface area contributed by atoms with Crippen LogP contribution >= 0.6 is 0 Å². The monoisotopic (exact) mass is 263 g/mol. The Kier molecular flexibility index (Phi) is 7.30. The number of aliphatic hydroxyl groups is 1. The zero-order valence-electron chi connectivity index (χ0n) is 11.2. The molecule has 0 rings (SSSR count). The molecule has 0 saturated carbocycles. The fourth-order valence-corrected chi connectivity index (χ4v) is 1.03. The molecule has 0 unspecified atom stereocenters. The van der Waals surface area contributed by atoms with Gasteiger partial charge in [0.15, 0.2) is 6.04 Å². The number of alkyl carbamates (subject to hydrolysis) is 1. The lowest BCUT2D eigenvalue weighted by molar-refractivity contribution is -0.144. The summed E-state index contributed by atoms with van der Waals surface area (Å²) in [4.78, 5) is 22.8. The number of carbonyl (C=O) groups excluding carboxylic acids is 2. The first-order valence-corrected chi connectivity index (χ1v) is 5.56. The highest BCUT2D eigenvalue weighted by atomic mass is 16.6. The summed E-state index contributed by atoms with van der Waals surface area (Å²) in [7, 11) is 1.21. The van der Waals surface area contributed by atoms with Gasteiger partial charge in [0.2, 0.25) is 0 Å². The van der Waals surface area contributed by atoms with Crippen LogP contribution in [-0.2, 0) is 19.0 Å². The minimum atomic E-state index is -0.962. The molecule has 0 fully saturated rings. The van der Waals surface area contributed by atoms with Gasteiger partial charge in [0, 0.05) is 0 Å². The Morgan fingerprint density at radius 1 is 1.33 bits per heavy atom. The van der Waals surface area contributed by atoms with Crippen LogP contribution in [0.25, 0.3) is 0 Å². The quantitative estimate of drug-likeness (QED) is 0.520. The number of amides is 1. The molecule has 0 heterocycles. The fraction of sp³-hybridized carbons (Fsp3) is 0.818. The molecule has 0 aliphatic rings. The molecule has 0 aromatic rings. The summed E-state index contributed by atoms with van der Waals surface area (Å²) in [5.74, 6) is -0.640. The van der Waals surface area contributed by atoms with Crippen molar-refractivity contribution in [2.24, 2.45) is 0 Å². The van der Waals surface area contributed by atoms with Crippen molar-refractivity contribution in [1.29, 1.82) is 0 Å². The van der Waals surface area contributed by atoms with Gasteiger partial charge in [-0.2, -0.15) is 0 Å².